The van der Waals surface area contributed by atoms with Gasteiger partial charge >= 0.3 is 0 Å². The van der Waals surface area contributed by atoms with Gasteiger partial charge in [0, 0.05) is 26.7 Å². The largest absolute Gasteiger partial charge is 0.468 e. The Balaban J connectivity index is 0.00000338. The van der Waals surface area contributed by atoms with Crippen molar-refractivity contribution >= 4 is 29.9 Å². The summed E-state index contributed by atoms with van der Waals surface area (Å²) in [6, 6.07) is 4.32. The Kier molecular flexibility index (Phi) is 12.0. The maximum Gasteiger partial charge on any atom is 0.191 e. The standard InChI is InChI=1S/C19H35N5O.HI/c1-4-23(5-2)14-11-21-19(20-3)22-16-17(18-10-9-15-25-18)24-12-7-6-8-13-24;/h9-10,15,17H,4-8,11-14,16H2,1-3H3,(H2,20,21,22);1H. The fourth-order valence-corrected chi connectivity index (χ4v) is 3.41. The summed E-state index contributed by atoms with van der Waals surface area (Å²) in [5.74, 6) is 1.90. The Labute approximate surface area is 175 Å². The molecule has 1 saturated heterocycles. The molecule has 150 valence electrons. The normalized spacial score (nSPS) is 17.0. The number of guanidine groups is 1. The molecule has 1 atom stereocenters. The van der Waals surface area contributed by atoms with Gasteiger partial charge in [-0.2, -0.15) is 0 Å². The lowest BCUT2D eigenvalue weighted by molar-refractivity contribution is 0.146. The molecule has 0 aliphatic carbocycles. The topological polar surface area (TPSA) is 56.0 Å². The van der Waals surface area contributed by atoms with Crippen molar-refractivity contribution in [1.82, 2.24) is 20.4 Å². The van der Waals surface area contributed by atoms with Crippen molar-refractivity contribution in [2.24, 2.45) is 4.99 Å². The molecule has 1 aliphatic heterocycles. The maximum absolute atomic E-state index is 5.71. The molecule has 1 aromatic rings. The first-order chi connectivity index (χ1) is 12.3. The second-order valence-electron chi connectivity index (χ2n) is 6.53. The van der Waals surface area contributed by atoms with Crippen LogP contribution in [0.4, 0.5) is 0 Å². The Morgan fingerprint density at radius 3 is 2.54 bits per heavy atom. The van der Waals surface area contributed by atoms with Gasteiger partial charge < -0.3 is 20.0 Å². The summed E-state index contributed by atoms with van der Waals surface area (Å²) in [7, 11) is 1.83. The number of nitrogens with zero attached hydrogens (tertiary/aromatic N) is 3. The van der Waals surface area contributed by atoms with Crippen molar-refractivity contribution in [3.8, 4) is 0 Å². The highest BCUT2D eigenvalue weighted by molar-refractivity contribution is 14.0. The van der Waals surface area contributed by atoms with Gasteiger partial charge in [0.25, 0.3) is 0 Å². The zero-order valence-electron chi connectivity index (χ0n) is 16.5. The molecule has 0 spiro atoms. The summed E-state index contributed by atoms with van der Waals surface area (Å²) < 4.78 is 5.71. The van der Waals surface area contributed by atoms with Gasteiger partial charge in [0.05, 0.1) is 12.3 Å². The molecule has 1 aromatic heterocycles. The summed E-state index contributed by atoms with van der Waals surface area (Å²) >= 11 is 0. The molecule has 2 N–H and O–H groups in total. The number of likely N-dealkylation sites (tertiary alicyclic amines) is 1. The van der Waals surface area contributed by atoms with Gasteiger partial charge in [-0.25, -0.2) is 0 Å². The van der Waals surface area contributed by atoms with Crippen LogP contribution >= 0.6 is 24.0 Å². The van der Waals surface area contributed by atoms with Gasteiger partial charge in [0.15, 0.2) is 5.96 Å². The highest BCUT2D eigenvalue weighted by Crippen LogP contribution is 2.24. The number of halogens is 1. The van der Waals surface area contributed by atoms with Gasteiger partial charge in [0.1, 0.15) is 5.76 Å². The quantitative estimate of drug-likeness (QED) is 0.326. The van der Waals surface area contributed by atoms with E-state index in [-0.39, 0.29) is 30.0 Å². The number of nitrogens with one attached hydrogen (secondary N) is 2. The van der Waals surface area contributed by atoms with E-state index in [2.05, 4.69) is 45.3 Å². The molecular weight excluding hydrogens is 441 g/mol. The van der Waals surface area contributed by atoms with E-state index >= 15 is 0 Å². The predicted molar refractivity (Wildman–Crippen MR) is 119 cm³/mol. The average molecular weight is 477 g/mol. The van der Waals surface area contributed by atoms with Crippen LogP contribution in [0.2, 0.25) is 0 Å². The zero-order valence-corrected chi connectivity index (χ0v) is 18.9. The van der Waals surface area contributed by atoms with Crippen LogP contribution in [0.3, 0.4) is 0 Å². The van der Waals surface area contributed by atoms with Gasteiger partial charge in [-0.05, 0) is 51.2 Å². The van der Waals surface area contributed by atoms with Crippen molar-refractivity contribution in [3.05, 3.63) is 24.2 Å². The number of rotatable bonds is 9. The minimum atomic E-state index is 0. The zero-order chi connectivity index (χ0) is 17.9. The Hall–Kier alpha value is -0.800. The van der Waals surface area contributed by atoms with Crippen molar-refractivity contribution < 1.29 is 4.42 Å². The van der Waals surface area contributed by atoms with Crippen LogP contribution in [-0.2, 0) is 0 Å². The lowest BCUT2D eigenvalue weighted by Gasteiger charge is -2.33. The van der Waals surface area contributed by atoms with E-state index in [0.29, 0.717) is 0 Å². The molecule has 0 amide bonds. The van der Waals surface area contributed by atoms with Crippen LogP contribution in [0.5, 0.6) is 0 Å². The van der Waals surface area contributed by atoms with E-state index in [0.717, 1.165) is 57.5 Å². The number of hydrogen-bond donors (Lipinski definition) is 2. The second kappa shape index (κ2) is 13.4. The summed E-state index contributed by atoms with van der Waals surface area (Å²) in [4.78, 5) is 9.29. The highest BCUT2D eigenvalue weighted by Gasteiger charge is 2.24. The fraction of sp³-hybridized carbons (Fsp3) is 0.737. The Bertz CT molecular complexity index is 484. The van der Waals surface area contributed by atoms with Crippen LogP contribution < -0.4 is 10.6 Å². The minimum absolute atomic E-state index is 0. The third kappa shape index (κ3) is 7.44. The number of hydrogen-bond acceptors (Lipinski definition) is 4. The molecule has 1 unspecified atom stereocenters. The first-order valence-electron chi connectivity index (χ1n) is 9.72. The first-order valence-corrected chi connectivity index (χ1v) is 9.72. The number of piperidine rings is 1. The first kappa shape index (κ1) is 23.2. The molecule has 1 fully saturated rings. The molecular formula is C19H36IN5O. The van der Waals surface area contributed by atoms with E-state index < -0.39 is 0 Å². The van der Waals surface area contributed by atoms with E-state index in [1.165, 1.54) is 19.3 Å². The lowest BCUT2D eigenvalue weighted by atomic mass is 10.1. The van der Waals surface area contributed by atoms with E-state index in [1.54, 1.807) is 6.26 Å². The predicted octanol–water partition coefficient (Wildman–Crippen LogP) is 2.93. The molecule has 26 heavy (non-hydrogen) atoms. The molecule has 2 rings (SSSR count). The van der Waals surface area contributed by atoms with Crippen molar-refractivity contribution in [2.75, 3.05) is 52.9 Å². The van der Waals surface area contributed by atoms with Gasteiger partial charge in [0.2, 0.25) is 0 Å². The molecule has 0 aromatic carbocycles. The Morgan fingerprint density at radius 1 is 1.23 bits per heavy atom. The average Bonchev–Trinajstić information content (AvgIpc) is 3.19. The molecule has 2 heterocycles. The number of aliphatic imine (C=N–C) groups is 1. The third-order valence-corrected chi connectivity index (χ3v) is 5.00. The van der Waals surface area contributed by atoms with Gasteiger partial charge in [-0.3, -0.25) is 9.89 Å². The van der Waals surface area contributed by atoms with Crippen LogP contribution in [-0.4, -0.2) is 68.6 Å². The molecule has 0 bridgehead atoms. The van der Waals surface area contributed by atoms with E-state index in [1.807, 2.05) is 13.1 Å². The number of furan rings is 1. The third-order valence-electron chi connectivity index (χ3n) is 5.00. The van der Waals surface area contributed by atoms with Crippen molar-refractivity contribution in [1.29, 1.82) is 0 Å². The second-order valence-corrected chi connectivity index (χ2v) is 6.53. The van der Waals surface area contributed by atoms with Gasteiger partial charge in [-0.1, -0.05) is 20.3 Å². The monoisotopic (exact) mass is 477 g/mol. The maximum atomic E-state index is 5.71. The molecule has 0 saturated carbocycles. The summed E-state index contributed by atoms with van der Waals surface area (Å²) in [5, 5.41) is 6.90. The smallest absolute Gasteiger partial charge is 0.191 e. The lowest BCUT2D eigenvalue weighted by Crippen LogP contribution is -2.46. The summed E-state index contributed by atoms with van der Waals surface area (Å²) in [6.45, 7) is 11.6. The van der Waals surface area contributed by atoms with Gasteiger partial charge in [-0.15, -0.1) is 24.0 Å². The van der Waals surface area contributed by atoms with E-state index in [4.69, 9.17) is 4.42 Å². The molecule has 1 aliphatic rings. The van der Waals surface area contributed by atoms with Crippen LogP contribution in [0, 0.1) is 0 Å². The van der Waals surface area contributed by atoms with Crippen molar-refractivity contribution in [2.45, 2.75) is 39.2 Å². The highest BCUT2D eigenvalue weighted by atomic mass is 127. The molecule has 7 heteroatoms. The van der Waals surface area contributed by atoms with Crippen LogP contribution in [0.25, 0.3) is 0 Å². The van der Waals surface area contributed by atoms with Crippen LogP contribution in [0.1, 0.15) is 44.9 Å². The van der Waals surface area contributed by atoms with Crippen molar-refractivity contribution in [3.63, 3.8) is 0 Å². The van der Waals surface area contributed by atoms with Crippen LogP contribution in [0.15, 0.2) is 27.8 Å². The SMILES string of the molecule is CCN(CC)CCNC(=NC)NCC(c1ccco1)N1CCCCC1.I. The minimum Gasteiger partial charge on any atom is -0.468 e. The Morgan fingerprint density at radius 2 is 1.96 bits per heavy atom. The summed E-state index contributed by atoms with van der Waals surface area (Å²) in [5.41, 5.74) is 0. The number of likely N-dealkylation sites (N-methyl/N-ethyl adjacent to an activating group) is 1. The summed E-state index contributed by atoms with van der Waals surface area (Å²) in [6.07, 6.45) is 5.65. The van der Waals surface area contributed by atoms with E-state index in [9.17, 15) is 0 Å². The fourth-order valence-electron chi connectivity index (χ4n) is 3.41. The molecule has 0 radical (unpaired) electrons. The molecule has 6 nitrogen and oxygen atoms in total.